The fraction of sp³-hybridized carbons (Fsp3) is 0.353. The van der Waals surface area contributed by atoms with Crippen LogP contribution in [0.5, 0.6) is 0 Å². The first-order valence-corrected chi connectivity index (χ1v) is 7.77. The molecule has 120 valence electrons. The maximum Gasteiger partial charge on any atom is 0.272 e. The Morgan fingerprint density at radius 2 is 2.17 bits per heavy atom. The molecule has 2 N–H and O–H groups in total. The van der Waals surface area contributed by atoms with Gasteiger partial charge in [-0.1, -0.05) is 19.9 Å². The van der Waals surface area contributed by atoms with E-state index in [4.69, 9.17) is 0 Å². The summed E-state index contributed by atoms with van der Waals surface area (Å²) in [5, 5.41) is 6.34. The van der Waals surface area contributed by atoms with Gasteiger partial charge >= 0.3 is 0 Å². The van der Waals surface area contributed by atoms with Crippen molar-refractivity contribution in [3.05, 3.63) is 64.0 Å². The van der Waals surface area contributed by atoms with Crippen LogP contribution in [0.3, 0.4) is 0 Å². The summed E-state index contributed by atoms with van der Waals surface area (Å²) < 4.78 is 1.42. The highest BCUT2D eigenvalue weighted by atomic mass is 16.1. The van der Waals surface area contributed by atoms with E-state index in [0.717, 1.165) is 17.0 Å². The van der Waals surface area contributed by atoms with Crippen molar-refractivity contribution in [2.24, 2.45) is 5.92 Å². The van der Waals surface area contributed by atoms with E-state index in [1.54, 1.807) is 18.3 Å². The molecule has 23 heavy (non-hydrogen) atoms. The molecule has 6 nitrogen and oxygen atoms in total. The molecule has 0 bridgehead atoms. The van der Waals surface area contributed by atoms with Crippen molar-refractivity contribution in [1.82, 2.24) is 24.9 Å². The van der Waals surface area contributed by atoms with Crippen LogP contribution < -0.4 is 10.9 Å². The quantitative estimate of drug-likeness (QED) is 0.757. The first-order valence-electron chi connectivity index (χ1n) is 7.77. The third-order valence-electron chi connectivity index (χ3n) is 3.95. The lowest BCUT2D eigenvalue weighted by molar-refractivity contribution is 0.398. The van der Waals surface area contributed by atoms with E-state index in [1.807, 2.05) is 12.3 Å². The minimum Gasteiger partial charge on any atom is -0.303 e. The van der Waals surface area contributed by atoms with Gasteiger partial charge in [-0.15, -0.1) is 0 Å². The molecule has 3 aromatic rings. The van der Waals surface area contributed by atoms with Gasteiger partial charge in [-0.2, -0.15) is 0 Å². The molecule has 3 aromatic heterocycles. The van der Waals surface area contributed by atoms with Gasteiger partial charge in [0.05, 0.1) is 17.4 Å². The Morgan fingerprint density at radius 3 is 2.91 bits per heavy atom. The standard InChI is InChI=1S/C17H21N5O/c1-11(2)16(17-12(3)5-4-7-18-17)19-10-13-9-15(23)22-14(21-13)6-8-20-22/h4-9,11,16,19-20H,10H2,1-3H3. The van der Waals surface area contributed by atoms with Gasteiger partial charge in [0, 0.05) is 31.1 Å². The van der Waals surface area contributed by atoms with Gasteiger partial charge in [0.2, 0.25) is 0 Å². The van der Waals surface area contributed by atoms with Crippen molar-refractivity contribution >= 4 is 5.65 Å². The predicted octanol–water partition coefficient (Wildman–Crippen LogP) is 2.21. The molecule has 1 atom stereocenters. The van der Waals surface area contributed by atoms with Gasteiger partial charge in [0.1, 0.15) is 0 Å². The summed E-state index contributed by atoms with van der Waals surface area (Å²) >= 11 is 0. The number of aryl methyl sites for hydroxylation is 1. The molecule has 0 saturated carbocycles. The third-order valence-corrected chi connectivity index (χ3v) is 3.95. The van der Waals surface area contributed by atoms with Crippen molar-refractivity contribution < 1.29 is 0 Å². The van der Waals surface area contributed by atoms with Crippen molar-refractivity contribution in [2.45, 2.75) is 33.4 Å². The van der Waals surface area contributed by atoms with Crippen LogP contribution in [0.2, 0.25) is 0 Å². The number of nitrogens with one attached hydrogen (secondary N) is 2. The predicted molar refractivity (Wildman–Crippen MR) is 89.2 cm³/mol. The molecule has 0 fully saturated rings. The van der Waals surface area contributed by atoms with E-state index in [0.29, 0.717) is 18.1 Å². The van der Waals surface area contributed by atoms with Crippen LogP contribution in [0.4, 0.5) is 0 Å². The van der Waals surface area contributed by atoms with Gasteiger partial charge in [-0.05, 0) is 24.5 Å². The van der Waals surface area contributed by atoms with Crippen LogP contribution in [-0.4, -0.2) is 19.6 Å². The average molecular weight is 311 g/mol. The Bertz CT molecular complexity index is 865. The lowest BCUT2D eigenvalue weighted by atomic mass is 9.97. The van der Waals surface area contributed by atoms with E-state index in [1.165, 1.54) is 4.52 Å². The molecule has 0 aliphatic heterocycles. The molecule has 0 aliphatic rings. The average Bonchev–Trinajstić information content (AvgIpc) is 2.98. The molecular formula is C17H21N5O. The Balaban J connectivity index is 1.84. The highest BCUT2D eigenvalue weighted by Gasteiger charge is 2.18. The van der Waals surface area contributed by atoms with E-state index in [2.05, 4.69) is 47.2 Å². The van der Waals surface area contributed by atoms with Crippen LogP contribution in [0.25, 0.3) is 5.65 Å². The Kier molecular flexibility index (Phi) is 4.25. The maximum absolute atomic E-state index is 12.0. The van der Waals surface area contributed by atoms with Crippen LogP contribution in [0.1, 0.15) is 36.8 Å². The lowest BCUT2D eigenvalue weighted by Crippen LogP contribution is -2.28. The second kappa shape index (κ2) is 6.34. The zero-order valence-corrected chi connectivity index (χ0v) is 13.6. The zero-order valence-electron chi connectivity index (χ0n) is 13.6. The summed E-state index contributed by atoms with van der Waals surface area (Å²) in [6.07, 6.45) is 3.52. The minimum atomic E-state index is -0.105. The van der Waals surface area contributed by atoms with Crippen LogP contribution in [-0.2, 0) is 6.54 Å². The highest BCUT2D eigenvalue weighted by Crippen LogP contribution is 2.22. The highest BCUT2D eigenvalue weighted by molar-refractivity contribution is 5.36. The summed E-state index contributed by atoms with van der Waals surface area (Å²) in [7, 11) is 0. The first kappa shape index (κ1) is 15.4. The van der Waals surface area contributed by atoms with Gasteiger partial charge in [0.25, 0.3) is 5.56 Å². The summed E-state index contributed by atoms with van der Waals surface area (Å²) in [6.45, 7) is 6.90. The van der Waals surface area contributed by atoms with Crippen molar-refractivity contribution in [1.29, 1.82) is 0 Å². The zero-order chi connectivity index (χ0) is 16.4. The molecule has 0 aliphatic carbocycles. The molecule has 0 radical (unpaired) electrons. The minimum absolute atomic E-state index is 0.105. The van der Waals surface area contributed by atoms with Gasteiger partial charge in [-0.25, -0.2) is 9.50 Å². The Labute approximate surface area is 134 Å². The van der Waals surface area contributed by atoms with Gasteiger partial charge in [0.15, 0.2) is 5.65 Å². The third kappa shape index (κ3) is 3.17. The second-order valence-electron chi connectivity index (χ2n) is 6.05. The monoisotopic (exact) mass is 311 g/mol. The molecule has 0 saturated heterocycles. The molecule has 1 unspecified atom stereocenters. The van der Waals surface area contributed by atoms with E-state index >= 15 is 0 Å². The van der Waals surface area contributed by atoms with Gasteiger partial charge in [-0.3, -0.25) is 14.9 Å². The maximum atomic E-state index is 12.0. The number of rotatable bonds is 5. The number of nitrogens with zero attached hydrogens (tertiary/aromatic N) is 3. The van der Waals surface area contributed by atoms with Crippen LogP contribution in [0, 0.1) is 12.8 Å². The molecule has 3 heterocycles. The fourth-order valence-electron chi connectivity index (χ4n) is 2.75. The molecule has 0 amide bonds. The van der Waals surface area contributed by atoms with E-state index in [-0.39, 0.29) is 11.6 Å². The summed E-state index contributed by atoms with van der Waals surface area (Å²) in [5.74, 6) is 0.376. The topological polar surface area (TPSA) is 75.1 Å². The number of aromatic nitrogens is 4. The SMILES string of the molecule is Cc1cccnc1C(NCc1cc(=O)n2[nH]ccc2n1)C(C)C. The van der Waals surface area contributed by atoms with Crippen LogP contribution in [0.15, 0.2) is 41.5 Å². The molecule has 0 aromatic carbocycles. The van der Waals surface area contributed by atoms with Gasteiger partial charge < -0.3 is 5.32 Å². The number of fused-ring (bicyclic) bond motifs is 1. The summed E-state index contributed by atoms with van der Waals surface area (Å²) in [6, 6.07) is 7.46. The molecule has 3 rings (SSSR count). The van der Waals surface area contributed by atoms with Crippen molar-refractivity contribution in [2.75, 3.05) is 0 Å². The number of aromatic amines is 1. The van der Waals surface area contributed by atoms with Crippen LogP contribution >= 0.6 is 0 Å². The lowest BCUT2D eigenvalue weighted by Gasteiger charge is -2.23. The van der Waals surface area contributed by atoms with E-state index < -0.39 is 0 Å². The number of H-pyrrole nitrogens is 1. The molecular weight excluding hydrogens is 290 g/mol. The number of pyridine rings is 1. The fourth-order valence-corrected chi connectivity index (χ4v) is 2.75. The Morgan fingerprint density at radius 1 is 1.35 bits per heavy atom. The normalized spacial score (nSPS) is 12.9. The second-order valence-corrected chi connectivity index (χ2v) is 6.05. The Hall–Kier alpha value is -2.47. The summed E-state index contributed by atoms with van der Waals surface area (Å²) in [4.78, 5) is 21.0. The van der Waals surface area contributed by atoms with Crippen molar-refractivity contribution in [3.63, 3.8) is 0 Å². The smallest absolute Gasteiger partial charge is 0.272 e. The summed E-state index contributed by atoms with van der Waals surface area (Å²) in [5.41, 5.74) is 3.46. The largest absolute Gasteiger partial charge is 0.303 e. The van der Waals surface area contributed by atoms with Crippen molar-refractivity contribution in [3.8, 4) is 0 Å². The van der Waals surface area contributed by atoms with E-state index in [9.17, 15) is 4.79 Å². The molecule has 0 spiro atoms. The number of hydrogen-bond acceptors (Lipinski definition) is 4. The first-order chi connectivity index (χ1) is 11.1. The molecule has 6 heteroatoms. The number of hydrogen-bond donors (Lipinski definition) is 2.